The molecule has 7 nitrogen and oxygen atoms in total. The summed E-state index contributed by atoms with van der Waals surface area (Å²) in [6.07, 6.45) is 5.00. The Labute approximate surface area is 176 Å². The average molecular weight is 428 g/mol. The zero-order valence-corrected chi connectivity index (χ0v) is 17.7. The Hall–Kier alpha value is -2.71. The molecule has 30 heavy (non-hydrogen) atoms. The fourth-order valence-electron chi connectivity index (χ4n) is 4.15. The normalized spacial score (nSPS) is 17.5. The maximum absolute atomic E-state index is 13.0. The van der Waals surface area contributed by atoms with Crippen LogP contribution in [0.3, 0.4) is 0 Å². The smallest absolute Gasteiger partial charge is 0.258 e. The number of sulfonamides is 1. The summed E-state index contributed by atoms with van der Waals surface area (Å²) < 4.78 is 27.5. The third kappa shape index (κ3) is 3.85. The van der Waals surface area contributed by atoms with Gasteiger partial charge >= 0.3 is 0 Å². The average Bonchev–Trinajstić information content (AvgIpc) is 2.78. The zero-order valence-electron chi connectivity index (χ0n) is 16.9. The van der Waals surface area contributed by atoms with Gasteiger partial charge < -0.3 is 5.32 Å². The molecule has 0 spiro atoms. The summed E-state index contributed by atoms with van der Waals surface area (Å²) in [5.74, 6) is -0.614. The Bertz CT molecular complexity index is 1060. The van der Waals surface area contributed by atoms with Crippen LogP contribution >= 0.6 is 0 Å². The quantitative estimate of drug-likeness (QED) is 0.812. The highest BCUT2D eigenvalue weighted by Crippen LogP contribution is 2.31. The van der Waals surface area contributed by atoms with Crippen molar-refractivity contribution < 1.29 is 18.0 Å². The summed E-state index contributed by atoms with van der Waals surface area (Å²) in [6, 6.07) is 13.1. The van der Waals surface area contributed by atoms with E-state index in [9.17, 15) is 18.0 Å². The lowest BCUT2D eigenvalue weighted by molar-refractivity contribution is -0.115. The van der Waals surface area contributed by atoms with E-state index in [2.05, 4.69) is 5.32 Å². The lowest BCUT2D eigenvalue weighted by Gasteiger charge is -2.30. The van der Waals surface area contributed by atoms with Gasteiger partial charge in [-0.15, -0.1) is 0 Å². The molecule has 0 saturated heterocycles. The number of hydrogen-bond donors (Lipinski definition) is 1. The number of carbonyl (C=O) groups is 2. The second-order valence-corrected chi connectivity index (χ2v) is 9.79. The number of para-hydroxylation sites is 2. The Morgan fingerprint density at radius 1 is 1.03 bits per heavy atom. The lowest BCUT2D eigenvalue weighted by Crippen LogP contribution is -2.42. The van der Waals surface area contributed by atoms with Gasteiger partial charge in [0, 0.05) is 18.7 Å². The molecule has 1 aliphatic heterocycles. The van der Waals surface area contributed by atoms with Crippen molar-refractivity contribution in [3.8, 4) is 0 Å². The van der Waals surface area contributed by atoms with Gasteiger partial charge in [-0.3, -0.25) is 14.5 Å². The largest absolute Gasteiger partial charge is 0.323 e. The van der Waals surface area contributed by atoms with E-state index in [0.29, 0.717) is 16.9 Å². The Kier molecular flexibility index (Phi) is 5.62. The second kappa shape index (κ2) is 8.20. The van der Waals surface area contributed by atoms with Gasteiger partial charge in [-0.05, 0) is 49.2 Å². The van der Waals surface area contributed by atoms with Crippen LogP contribution in [0.1, 0.15) is 42.5 Å². The summed E-state index contributed by atoms with van der Waals surface area (Å²) in [6.45, 7) is -0.0830. The molecule has 2 aromatic rings. The van der Waals surface area contributed by atoms with Crippen LogP contribution in [0.5, 0.6) is 0 Å². The number of nitrogens with one attached hydrogen (secondary N) is 1. The van der Waals surface area contributed by atoms with Crippen LogP contribution < -0.4 is 10.2 Å². The molecule has 1 heterocycles. The first kappa shape index (κ1) is 20.6. The number of hydrogen-bond acceptors (Lipinski definition) is 4. The summed E-state index contributed by atoms with van der Waals surface area (Å²) in [5.41, 5.74) is 1.53. The van der Waals surface area contributed by atoms with Crippen molar-refractivity contribution in [1.82, 2.24) is 4.31 Å². The molecule has 2 amide bonds. The first-order valence-corrected chi connectivity index (χ1v) is 11.6. The number of benzene rings is 2. The molecule has 4 rings (SSSR count). The number of rotatable bonds is 4. The van der Waals surface area contributed by atoms with Gasteiger partial charge in [0.2, 0.25) is 15.9 Å². The van der Waals surface area contributed by atoms with Crippen molar-refractivity contribution in [2.45, 2.75) is 43.0 Å². The van der Waals surface area contributed by atoms with Gasteiger partial charge in [0.25, 0.3) is 5.91 Å². The van der Waals surface area contributed by atoms with Gasteiger partial charge in [0.15, 0.2) is 0 Å². The maximum atomic E-state index is 13.0. The SMILES string of the molecule is CN(C1CCCCC1)S(=O)(=O)c1ccc(C(=O)N2CC(=O)Nc3ccccc32)cc1. The highest BCUT2D eigenvalue weighted by Gasteiger charge is 2.30. The van der Waals surface area contributed by atoms with E-state index in [-0.39, 0.29) is 29.3 Å². The fraction of sp³-hybridized carbons (Fsp3) is 0.364. The minimum atomic E-state index is -3.62. The molecule has 0 unspecified atom stereocenters. The molecule has 8 heteroatoms. The Morgan fingerprint density at radius 2 is 1.70 bits per heavy atom. The lowest BCUT2D eigenvalue weighted by atomic mass is 9.96. The molecular weight excluding hydrogens is 402 g/mol. The minimum Gasteiger partial charge on any atom is -0.323 e. The third-order valence-corrected chi connectivity index (χ3v) is 7.81. The molecular formula is C22H25N3O4S. The van der Waals surface area contributed by atoms with Crippen molar-refractivity contribution in [3.05, 3.63) is 54.1 Å². The van der Waals surface area contributed by atoms with Crippen molar-refractivity contribution >= 4 is 33.2 Å². The van der Waals surface area contributed by atoms with Crippen LogP contribution in [0.25, 0.3) is 0 Å². The predicted octanol–water partition coefficient (Wildman–Crippen LogP) is 3.24. The highest BCUT2D eigenvalue weighted by atomic mass is 32.2. The van der Waals surface area contributed by atoms with E-state index in [4.69, 9.17) is 0 Å². The molecule has 2 aromatic carbocycles. The van der Waals surface area contributed by atoms with Crippen LogP contribution in [0.2, 0.25) is 0 Å². The molecule has 158 valence electrons. The van der Waals surface area contributed by atoms with Gasteiger partial charge in [0.1, 0.15) is 6.54 Å². The van der Waals surface area contributed by atoms with Crippen molar-refractivity contribution in [3.63, 3.8) is 0 Å². The first-order chi connectivity index (χ1) is 14.4. The summed E-state index contributed by atoms with van der Waals surface area (Å²) in [4.78, 5) is 26.6. The van der Waals surface area contributed by atoms with Crippen LogP contribution in [-0.2, 0) is 14.8 Å². The van der Waals surface area contributed by atoms with Crippen molar-refractivity contribution in [1.29, 1.82) is 0 Å². The van der Waals surface area contributed by atoms with E-state index >= 15 is 0 Å². The molecule has 0 atom stereocenters. The van der Waals surface area contributed by atoms with Gasteiger partial charge in [-0.25, -0.2) is 8.42 Å². The number of nitrogens with zero attached hydrogens (tertiary/aromatic N) is 2. The first-order valence-electron chi connectivity index (χ1n) is 10.2. The topological polar surface area (TPSA) is 86.8 Å². The standard InChI is InChI=1S/C22H25N3O4S/c1-24(17-7-3-2-4-8-17)30(28,29)18-13-11-16(12-14-18)22(27)25-15-21(26)23-19-9-5-6-10-20(19)25/h5-6,9-14,17H,2-4,7-8,15H2,1H3,(H,23,26). The Balaban J connectivity index is 1.56. The van der Waals surface area contributed by atoms with E-state index in [1.54, 1.807) is 31.3 Å². The summed E-state index contributed by atoms with van der Waals surface area (Å²) in [5, 5.41) is 2.75. The minimum absolute atomic E-state index is 0.0217. The van der Waals surface area contributed by atoms with Crippen LogP contribution in [0, 0.1) is 0 Å². The predicted molar refractivity (Wildman–Crippen MR) is 115 cm³/mol. The van der Waals surface area contributed by atoms with Crippen molar-refractivity contribution in [2.75, 3.05) is 23.8 Å². The molecule has 1 N–H and O–H groups in total. The maximum Gasteiger partial charge on any atom is 0.258 e. The zero-order chi connectivity index (χ0) is 21.3. The number of anilines is 2. The molecule has 1 fully saturated rings. The van der Waals surface area contributed by atoms with Crippen LogP contribution in [0.4, 0.5) is 11.4 Å². The highest BCUT2D eigenvalue weighted by molar-refractivity contribution is 7.89. The molecule has 1 aliphatic carbocycles. The summed E-state index contributed by atoms with van der Waals surface area (Å²) in [7, 11) is -1.99. The number of fused-ring (bicyclic) bond motifs is 1. The van der Waals surface area contributed by atoms with E-state index in [1.165, 1.54) is 33.5 Å². The van der Waals surface area contributed by atoms with E-state index < -0.39 is 10.0 Å². The number of carbonyl (C=O) groups excluding carboxylic acids is 2. The van der Waals surface area contributed by atoms with Crippen LogP contribution in [0.15, 0.2) is 53.4 Å². The van der Waals surface area contributed by atoms with Gasteiger partial charge in [-0.1, -0.05) is 31.4 Å². The Morgan fingerprint density at radius 3 is 2.40 bits per heavy atom. The fourth-order valence-corrected chi connectivity index (χ4v) is 5.56. The summed E-state index contributed by atoms with van der Waals surface area (Å²) >= 11 is 0. The molecule has 0 bridgehead atoms. The number of amides is 2. The van der Waals surface area contributed by atoms with E-state index in [0.717, 1.165) is 32.1 Å². The monoisotopic (exact) mass is 427 g/mol. The molecule has 0 radical (unpaired) electrons. The third-order valence-electron chi connectivity index (χ3n) is 5.88. The molecule has 0 aromatic heterocycles. The van der Waals surface area contributed by atoms with E-state index in [1.807, 2.05) is 0 Å². The second-order valence-electron chi connectivity index (χ2n) is 7.79. The van der Waals surface area contributed by atoms with Gasteiger partial charge in [0.05, 0.1) is 16.3 Å². The van der Waals surface area contributed by atoms with Crippen molar-refractivity contribution in [2.24, 2.45) is 0 Å². The van der Waals surface area contributed by atoms with Crippen LogP contribution in [-0.4, -0.2) is 44.2 Å². The van der Waals surface area contributed by atoms with Gasteiger partial charge in [-0.2, -0.15) is 4.31 Å². The molecule has 1 saturated carbocycles. The molecule has 2 aliphatic rings.